The minimum absolute atomic E-state index is 0.226. The summed E-state index contributed by atoms with van der Waals surface area (Å²) in [6.07, 6.45) is 5.39. The summed E-state index contributed by atoms with van der Waals surface area (Å²) in [4.78, 5) is 0. The van der Waals surface area contributed by atoms with Gasteiger partial charge in [-0.3, -0.25) is 0 Å². The Morgan fingerprint density at radius 3 is 2.21 bits per heavy atom. The Morgan fingerprint density at radius 2 is 1.79 bits per heavy atom. The van der Waals surface area contributed by atoms with Crippen molar-refractivity contribution in [2.75, 3.05) is 20.3 Å². The van der Waals surface area contributed by atoms with E-state index in [-0.39, 0.29) is 5.54 Å². The second kappa shape index (κ2) is 4.63. The van der Waals surface area contributed by atoms with Crippen molar-refractivity contribution < 1.29 is 4.74 Å². The van der Waals surface area contributed by atoms with Crippen LogP contribution in [0.2, 0.25) is 0 Å². The van der Waals surface area contributed by atoms with Gasteiger partial charge in [-0.2, -0.15) is 0 Å². The number of rotatable bonds is 4. The van der Waals surface area contributed by atoms with Gasteiger partial charge in [0.05, 0.1) is 6.61 Å². The molecule has 14 heavy (non-hydrogen) atoms. The minimum Gasteiger partial charge on any atom is -0.384 e. The van der Waals surface area contributed by atoms with Gasteiger partial charge in [-0.05, 0) is 33.6 Å². The van der Waals surface area contributed by atoms with Crippen LogP contribution >= 0.6 is 0 Å². The van der Waals surface area contributed by atoms with Crippen LogP contribution in [0.15, 0.2) is 0 Å². The highest BCUT2D eigenvalue weighted by atomic mass is 16.5. The first-order chi connectivity index (χ1) is 6.47. The van der Waals surface area contributed by atoms with Gasteiger partial charge in [-0.1, -0.05) is 12.8 Å². The molecule has 0 aromatic rings. The molecule has 0 aliphatic heterocycles. The lowest BCUT2D eigenvalue weighted by atomic mass is 9.86. The van der Waals surface area contributed by atoms with E-state index in [2.05, 4.69) is 26.1 Å². The second-order valence-electron chi connectivity index (χ2n) is 5.74. The van der Waals surface area contributed by atoms with Crippen LogP contribution in [0.3, 0.4) is 0 Å². The number of hydrogen-bond acceptors (Lipinski definition) is 2. The van der Waals surface area contributed by atoms with Gasteiger partial charge in [0.2, 0.25) is 0 Å². The first kappa shape index (κ1) is 12.0. The summed E-state index contributed by atoms with van der Waals surface area (Å²) >= 11 is 0. The monoisotopic (exact) mass is 199 g/mol. The van der Waals surface area contributed by atoms with Crippen LogP contribution in [-0.2, 0) is 4.74 Å². The summed E-state index contributed by atoms with van der Waals surface area (Å²) in [6.45, 7) is 8.69. The molecule has 0 unspecified atom stereocenters. The summed E-state index contributed by atoms with van der Waals surface area (Å²) in [5.74, 6) is 0. The molecule has 0 radical (unpaired) electrons. The molecule has 0 spiro atoms. The lowest BCUT2D eigenvalue weighted by molar-refractivity contribution is 0.0776. The van der Waals surface area contributed by atoms with Crippen LogP contribution < -0.4 is 5.32 Å². The lowest BCUT2D eigenvalue weighted by Gasteiger charge is -2.32. The van der Waals surface area contributed by atoms with E-state index in [4.69, 9.17) is 4.74 Å². The fourth-order valence-electron chi connectivity index (χ4n) is 2.26. The van der Waals surface area contributed by atoms with E-state index in [1.165, 1.54) is 25.7 Å². The normalized spacial score (nSPS) is 21.4. The summed E-state index contributed by atoms with van der Waals surface area (Å²) in [5, 5.41) is 3.61. The van der Waals surface area contributed by atoms with Gasteiger partial charge in [-0.15, -0.1) is 0 Å². The average molecular weight is 199 g/mol. The lowest BCUT2D eigenvalue weighted by Crippen LogP contribution is -2.44. The summed E-state index contributed by atoms with van der Waals surface area (Å²) in [7, 11) is 1.82. The molecular formula is C12H25NO. The van der Waals surface area contributed by atoms with E-state index in [9.17, 15) is 0 Å². The number of ether oxygens (including phenoxy) is 1. The van der Waals surface area contributed by atoms with Crippen molar-refractivity contribution >= 4 is 0 Å². The molecule has 2 nitrogen and oxygen atoms in total. The van der Waals surface area contributed by atoms with Crippen molar-refractivity contribution in [2.45, 2.75) is 52.0 Å². The maximum atomic E-state index is 5.35. The van der Waals surface area contributed by atoms with Gasteiger partial charge in [-0.25, -0.2) is 0 Å². The largest absolute Gasteiger partial charge is 0.384 e. The van der Waals surface area contributed by atoms with Gasteiger partial charge < -0.3 is 10.1 Å². The van der Waals surface area contributed by atoms with Gasteiger partial charge in [0.1, 0.15) is 0 Å². The van der Waals surface area contributed by atoms with Crippen molar-refractivity contribution in [2.24, 2.45) is 5.41 Å². The molecule has 1 aliphatic rings. The third-order valence-electron chi connectivity index (χ3n) is 3.11. The first-order valence-corrected chi connectivity index (χ1v) is 5.71. The van der Waals surface area contributed by atoms with Crippen LogP contribution in [0.25, 0.3) is 0 Å². The molecule has 1 rings (SSSR count). The van der Waals surface area contributed by atoms with E-state index in [0.717, 1.165) is 13.2 Å². The van der Waals surface area contributed by atoms with Crippen molar-refractivity contribution in [1.29, 1.82) is 0 Å². The van der Waals surface area contributed by atoms with Crippen LogP contribution in [0, 0.1) is 5.41 Å². The molecule has 1 aliphatic carbocycles. The highest BCUT2D eigenvalue weighted by molar-refractivity contribution is 4.88. The second-order valence-corrected chi connectivity index (χ2v) is 5.74. The molecule has 0 amide bonds. The standard InChI is InChI=1S/C12H25NO/c1-11(2,3)13-9-12(10-14-4)7-5-6-8-12/h13H,5-10H2,1-4H3. The van der Waals surface area contributed by atoms with Gasteiger partial charge >= 0.3 is 0 Å². The topological polar surface area (TPSA) is 21.3 Å². The van der Waals surface area contributed by atoms with Crippen molar-refractivity contribution in [3.05, 3.63) is 0 Å². The van der Waals surface area contributed by atoms with E-state index in [1.807, 2.05) is 7.11 Å². The highest BCUT2D eigenvalue weighted by Crippen LogP contribution is 2.37. The van der Waals surface area contributed by atoms with E-state index in [0.29, 0.717) is 5.41 Å². The fraction of sp³-hybridized carbons (Fsp3) is 1.00. The van der Waals surface area contributed by atoms with E-state index >= 15 is 0 Å². The van der Waals surface area contributed by atoms with Crippen molar-refractivity contribution in [3.8, 4) is 0 Å². The molecule has 1 fully saturated rings. The minimum atomic E-state index is 0.226. The maximum Gasteiger partial charge on any atom is 0.0530 e. The average Bonchev–Trinajstić information content (AvgIpc) is 2.50. The van der Waals surface area contributed by atoms with Crippen molar-refractivity contribution in [3.63, 3.8) is 0 Å². The van der Waals surface area contributed by atoms with E-state index < -0.39 is 0 Å². The molecule has 2 heteroatoms. The van der Waals surface area contributed by atoms with Crippen LogP contribution in [0.1, 0.15) is 46.5 Å². The van der Waals surface area contributed by atoms with Crippen LogP contribution in [0.5, 0.6) is 0 Å². The predicted molar refractivity (Wildman–Crippen MR) is 60.5 cm³/mol. The molecule has 0 aromatic carbocycles. The molecule has 0 aromatic heterocycles. The Bertz CT molecular complexity index is 166. The molecule has 1 N–H and O–H groups in total. The Kier molecular flexibility index (Phi) is 3.96. The highest BCUT2D eigenvalue weighted by Gasteiger charge is 2.34. The zero-order valence-corrected chi connectivity index (χ0v) is 10.2. The van der Waals surface area contributed by atoms with Gasteiger partial charge in [0.15, 0.2) is 0 Å². The Morgan fingerprint density at radius 1 is 1.21 bits per heavy atom. The fourth-order valence-corrected chi connectivity index (χ4v) is 2.26. The number of nitrogens with one attached hydrogen (secondary N) is 1. The Balaban J connectivity index is 2.43. The van der Waals surface area contributed by atoms with Gasteiger partial charge in [0, 0.05) is 24.6 Å². The van der Waals surface area contributed by atoms with Crippen LogP contribution in [0.4, 0.5) is 0 Å². The zero-order valence-electron chi connectivity index (χ0n) is 10.2. The van der Waals surface area contributed by atoms with Crippen molar-refractivity contribution in [1.82, 2.24) is 5.32 Å². The van der Waals surface area contributed by atoms with Gasteiger partial charge in [0.25, 0.3) is 0 Å². The predicted octanol–water partition coefficient (Wildman–Crippen LogP) is 2.58. The number of methoxy groups -OCH3 is 1. The first-order valence-electron chi connectivity index (χ1n) is 5.71. The SMILES string of the molecule is COCC1(CNC(C)(C)C)CCCC1. The molecule has 84 valence electrons. The third kappa shape index (κ3) is 3.58. The molecule has 0 heterocycles. The molecule has 0 bridgehead atoms. The zero-order chi connectivity index (χ0) is 10.7. The quantitative estimate of drug-likeness (QED) is 0.751. The third-order valence-corrected chi connectivity index (χ3v) is 3.11. The number of hydrogen-bond donors (Lipinski definition) is 1. The molecule has 1 saturated carbocycles. The summed E-state index contributed by atoms with van der Waals surface area (Å²) < 4.78 is 5.35. The maximum absolute atomic E-state index is 5.35. The Hall–Kier alpha value is -0.0800. The summed E-state index contributed by atoms with van der Waals surface area (Å²) in [5.41, 5.74) is 0.644. The molecule has 0 atom stereocenters. The summed E-state index contributed by atoms with van der Waals surface area (Å²) in [6, 6.07) is 0. The smallest absolute Gasteiger partial charge is 0.0530 e. The van der Waals surface area contributed by atoms with Crippen LogP contribution in [-0.4, -0.2) is 25.8 Å². The molecular weight excluding hydrogens is 174 g/mol. The molecule has 0 saturated heterocycles. The Labute approximate surface area is 88.4 Å². The van der Waals surface area contributed by atoms with E-state index in [1.54, 1.807) is 0 Å².